The standard InChI is InChI=1S/C30H36N4O4Si/c1-30(2,3)38-29(35)33-16-17-37-25-20-31-15-13-23(25)28-26(22-10-7-6-8-11-22)27-24(12-9-14-32-27)34(28)21-36-18-19-39(4)5/h6-15,20H,16-19,21H2,1-5H3/p+1. The van der Waals surface area contributed by atoms with Crippen LogP contribution in [0.3, 0.4) is 0 Å². The maximum Gasteiger partial charge on any atom is 0.407 e. The Labute approximate surface area is 231 Å². The Morgan fingerprint density at radius 3 is 2.56 bits per heavy atom. The molecule has 0 fully saturated rings. The van der Waals surface area contributed by atoms with Crippen LogP contribution >= 0.6 is 0 Å². The number of rotatable bonds is 11. The lowest BCUT2D eigenvalue weighted by atomic mass is 10.0. The van der Waals surface area contributed by atoms with Crippen molar-refractivity contribution in [2.45, 2.75) is 52.2 Å². The number of hydrogen-bond donors (Lipinski definition) is 1. The third-order valence-electron chi connectivity index (χ3n) is 5.92. The first-order chi connectivity index (χ1) is 18.7. The van der Waals surface area contributed by atoms with Crippen LogP contribution in [0.1, 0.15) is 20.8 Å². The number of benzene rings is 1. The van der Waals surface area contributed by atoms with Crippen LogP contribution in [-0.4, -0.2) is 54.8 Å². The molecule has 9 heteroatoms. The fraction of sp³-hybridized carbons (Fsp3) is 0.367. The number of alkyl carbamates (subject to hydrolysis) is 1. The molecule has 0 bridgehead atoms. The Bertz CT molecular complexity index is 1380. The van der Waals surface area contributed by atoms with Gasteiger partial charge in [0.25, 0.3) is 0 Å². The lowest BCUT2D eigenvalue weighted by molar-refractivity contribution is 0.0520. The SMILES string of the molecule is C[Si+](C)CCOCn1c(-c2ccncc2OCCNC(=O)OC(C)(C)C)c(-c2ccccc2)c2ncccc21. The van der Waals surface area contributed by atoms with E-state index in [2.05, 4.69) is 46.2 Å². The number of fused-ring (bicyclic) bond motifs is 1. The molecule has 3 aromatic heterocycles. The summed E-state index contributed by atoms with van der Waals surface area (Å²) in [5.74, 6) is 0.609. The van der Waals surface area contributed by atoms with E-state index < -0.39 is 11.7 Å². The van der Waals surface area contributed by atoms with Crippen molar-refractivity contribution in [1.82, 2.24) is 19.9 Å². The Morgan fingerprint density at radius 2 is 1.82 bits per heavy atom. The molecule has 0 aliphatic rings. The molecular formula is C30H37N4O4Si+. The summed E-state index contributed by atoms with van der Waals surface area (Å²) in [5.41, 5.74) is 5.21. The van der Waals surface area contributed by atoms with Crippen LogP contribution < -0.4 is 10.1 Å². The fourth-order valence-corrected chi connectivity index (χ4v) is 4.77. The van der Waals surface area contributed by atoms with Crippen molar-refractivity contribution in [2.75, 3.05) is 19.8 Å². The van der Waals surface area contributed by atoms with Crippen molar-refractivity contribution < 1.29 is 19.0 Å². The third kappa shape index (κ3) is 7.45. The van der Waals surface area contributed by atoms with Gasteiger partial charge in [-0.25, -0.2) is 4.79 Å². The molecular weight excluding hydrogens is 508 g/mol. The van der Waals surface area contributed by atoms with E-state index in [4.69, 9.17) is 19.2 Å². The molecule has 8 nitrogen and oxygen atoms in total. The summed E-state index contributed by atoms with van der Waals surface area (Å²) in [6, 6.07) is 17.3. The Balaban J connectivity index is 1.70. The van der Waals surface area contributed by atoms with E-state index in [0.29, 0.717) is 25.6 Å². The predicted molar refractivity (Wildman–Crippen MR) is 156 cm³/mol. The van der Waals surface area contributed by atoms with E-state index >= 15 is 0 Å². The van der Waals surface area contributed by atoms with Gasteiger partial charge in [-0.3, -0.25) is 9.97 Å². The van der Waals surface area contributed by atoms with E-state index in [9.17, 15) is 4.79 Å². The van der Waals surface area contributed by atoms with Crippen molar-refractivity contribution in [3.8, 4) is 28.1 Å². The first-order valence-corrected chi connectivity index (χ1v) is 15.9. The highest BCUT2D eigenvalue weighted by Crippen LogP contribution is 2.42. The van der Waals surface area contributed by atoms with Crippen LogP contribution in [0.4, 0.5) is 4.79 Å². The van der Waals surface area contributed by atoms with Crippen molar-refractivity contribution in [3.05, 3.63) is 67.1 Å². The van der Waals surface area contributed by atoms with Gasteiger partial charge in [-0.2, -0.15) is 0 Å². The van der Waals surface area contributed by atoms with Gasteiger partial charge in [-0.05, 0) is 44.5 Å². The Kier molecular flexibility index (Phi) is 9.37. The molecule has 0 spiro atoms. The first-order valence-electron chi connectivity index (χ1n) is 13.2. The number of nitrogens with zero attached hydrogens (tertiary/aromatic N) is 3. The predicted octanol–water partition coefficient (Wildman–Crippen LogP) is 6.40. The fourth-order valence-electron chi connectivity index (χ4n) is 4.22. The van der Waals surface area contributed by atoms with Crippen molar-refractivity contribution in [3.63, 3.8) is 0 Å². The molecule has 0 saturated carbocycles. The monoisotopic (exact) mass is 545 g/mol. The smallest absolute Gasteiger partial charge is 0.407 e. The largest absolute Gasteiger partial charge is 0.489 e. The molecule has 39 heavy (non-hydrogen) atoms. The highest BCUT2D eigenvalue weighted by atomic mass is 28.3. The molecule has 4 rings (SSSR count). The van der Waals surface area contributed by atoms with Crippen LogP contribution in [0.15, 0.2) is 67.1 Å². The second kappa shape index (κ2) is 12.9. The number of nitrogens with one attached hydrogen (secondary N) is 1. The molecule has 4 aromatic rings. The molecule has 204 valence electrons. The van der Waals surface area contributed by atoms with Crippen LogP contribution in [0.2, 0.25) is 19.1 Å². The molecule has 0 atom stereocenters. The average Bonchev–Trinajstić information content (AvgIpc) is 3.23. The van der Waals surface area contributed by atoms with Crippen molar-refractivity contribution in [1.29, 1.82) is 0 Å². The van der Waals surface area contributed by atoms with Gasteiger partial charge in [0.05, 0.1) is 55.2 Å². The molecule has 1 amide bonds. The molecule has 1 N–H and O–H groups in total. The normalized spacial score (nSPS) is 11.4. The molecule has 0 aliphatic carbocycles. The molecule has 0 unspecified atom stereocenters. The molecule has 1 aromatic carbocycles. The number of hydrogen-bond acceptors (Lipinski definition) is 6. The van der Waals surface area contributed by atoms with Crippen LogP contribution in [0, 0.1) is 0 Å². The summed E-state index contributed by atoms with van der Waals surface area (Å²) in [4.78, 5) is 21.2. The zero-order valence-corrected chi connectivity index (χ0v) is 24.4. The van der Waals surface area contributed by atoms with Gasteiger partial charge < -0.3 is 24.1 Å². The van der Waals surface area contributed by atoms with Crippen LogP contribution in [-0.2, 0) is 16.2 Å². The van der Waals surface area contributed by atoms with E-state index in [1.807, 2.05) is 57.3 Å². The summed E-state index contributed by atoms with van der Waals surface area (Å²) >= 11 is 0. The number of ether oxygens (including phenoxy) is 3. The Morgan fingerprint density at radius 1 is 1.03 bits per heavy atom. The summed E-state index contributed by atoms with van der Waals surface area (Å²) < 4.78 is 19.9. The summed E-state index contributed by atoms with van der Waals surface area (Å²) in [6.45, 7) is 11.7. The van der Waals surface area contributed by atoms with Gasteiger partial charge in [0.1, 0.15) is 24.7 Å². The quantitative estimate of drug-likeness (QED) is 0.173. The summed E-state index contributed by atoms with van der Waals surface area (Å²) in [6.07, 6.45) is 4.81. The van der Waals surface area contributed by atoms with E-state index in [1.165, 1.54) is 0 Å². The van der Waals surface area contributed by atoms with Crippen molar-refractivity contribution in [2.24, 2.45) is 0 Å². The maximum absolute atomic E-state index is 12.0. The zero-order valence-electron chi connectivity index (χ0n) is 23.4. The van der Waals surface area contributed by atoms with E-state index in [0.717, 1.165) is 39.5 Å². The van der Waals surface area contributed by atoms with Crippen LogP contribution in [0.25, 0.3) is 33.4 Å². The minimum absolute atomic E-state index is 0.255. The van der Waals surface area contributed by atoms with Gasteiger partial charge in [0.2, 0.25) is 0 Å². The molecule has 0 saturated heterocycles. The summed E-state index contributed by atoms with van der Waals surface area (Å²) in [7, 11) is -0.379. The minimum Gasteiger partial charge on any atom is -0.489 e. The highest BCUT2D eigenvalue weighted by Gasteiger charge is 2.24. The number of carbonyl (C=O) groups is 1. The second-order valence-corrected chi connectivity index (χ2v) is 13.4. The topological polar surface area (TPSA) is 87.5 Å². The molecule has 3 heterocycles. The van der Waals surface area contributed by atoms with Gasteiger partial charge in [0, 0.05) is 23.5 Å². The number of aromatic nitrogens is 3. The van der Waals surface area contributed by atoms with Crippen molar-refractivity contribution >= 4 is 25.9 Å². The Hall–Kier alpha value is -3.69. The molecule has 0 radical (unpaired) electrons. The van der Waals surface area contributed by atoms with Gasteiger partial charge in [-0.15, -0.1) is 0 Å². The second-order valence-electron chi connectivity index (χ2n) is 10.5. The van der Waals surface area contributed by atoms with Gasteiger partial charge >= 0.3 is 14.9 Å². The summed E-state index contributed by atoms with van der Waals surface area (Å²) in [5, 5.41) is 2.74. The van der Waals surface area contributed by atoms with Gasteiger partial charge in [0.15, 0.2) is 0 Å². The highest BCUT2D eigenvalue weighted by molar-refractivity contribution is 6.55. The third-order valence-corrected chi connectivity index (χ3v) is 7.12. The molecule has 0 aliphatic heterocycles. The number of pyridine rings is 2. The lowest BCUT2D eigenvalue weighted by Gasteiger charge is -2.20. The average molecular weight is 546 g/mol. The van der Waals surface area contributed by atoms with E-state index in [1.54, 1.807) is 12.4 Å². The number of amides is 1. The maximum atomic E-state index is 12.0. The van der Waals surface area contributed by atoms with Crippen LogP contribution in [0.5, 0.6) is 5.75 Å². The minimum atomic E-state index is -0.560. The van der Waals surface area contributed by atoms with Gasteiger partial charge in [-0.1, -0.05) is 30.3 Å². The lowest BCUT2D eigenvalue weighted by Crippen LogP contribution is -2.34. The van der Waals surface area contributed by atoms with E-state index in [-0.39, 0.29) is 15.4 Å². The zero-order chi connectivity index (χ0) is 27.8. The number of carbonyl (C=O) groups excluding carboxylic acids is 1. The first kappa shape index (κ1) is 28.3.